The van der Waals surface area contributed by atoms with Gasteiger partial charge in [-0.2, -0.15) is 0 Å². The third-order valence-electron chi connectivity index (χ3n) is 2.02. The van der Waals surface area contributed by atoms with Gasteiger partial charge in [0.15, 0.2) is 0 Å². The van der Waals surface area contributed by atoms with Gasteiger partial charge in [0.1, 0.15) is 5.82 Å². The molecule has 0 atom stereocenters. The molecular weight excluding hydrogens is 154 g/mol. The summed E-state index contributed by atoms with van der Waals surface area (Å²) in [7, 11) is 0. The summed E-state index contributed by atoms with van der Waals surface area (Å²) in [4.78, 5) is 5.97. The number of aliphatic hydroxyl groups is 1. The summed E-state index contributed by atoms with van der Waals surface area (Å²) in [5.74, 6) is 0.532. The fraction of sp³-hybridized carbons (Fsp3) is 0.375. The van der Waals surface area contributed by atoms with Crippen molar-refractivity contribution in [1.29, 1.82) is 0 Å². The normalized spacial score (nSPS) is 17.6. The Morgan fingerprint density at radius 1 is 1.58 bits per heavy atom. The van der Waals surface area contributed by atoms with Crippen LogP contribution in [0.5, 0.6) is 0 Å². The molecule has 1 aliphatic rings. The van der Waals surface area contributed by atoms with E-state index in [0.29, 0.717) is 18.9 Å². The predicted molar refractivity (Wildman–Crippen MR) is 46.9 cm³/mol. The number of aliphatic hydroxyl groups excluding tert-OH is 1. The number of hydrogen-bond donors (Lipinski definition) is 2. The third kappa shape index (κ3) is 1.10. The van der Waals surface area contributed by atoms with E-state index in [-0.39, 0.29) is 6.10 Å². The highest BCUT2D eigenvalue weighted by Gasteiger charge is 2.25. The molecule has 1 aliphatic heterocycles. The Hall–Kier alpha value is -1.29. The van der Waals surface area contributed by atoms with Crippen molar-refractivity contribution in [3.63, 3.8) is 0 Å². The Labute approximate surface area is 70.6 Å². The Morgan fingerprint density at radius 3 is 2.92 bits per heavy atom. The van der Waals surface area contributed by atoms with E-state index in [1.165, 1.54) is 0 Å². The van der Waals surface area contributed by atoms with E-state index in [1.807, 2.05) is 17.0 Å². The van der Waals surface area contributed by atoms with Crippen molar-refractivity contribution >= 4 is 11.5 Å². The Morgan fingerprint density at radius 2 is 2.33 bits per heavy atom. The number of nitrogen functional groups attached to an aromatic ring is 1. The summed E-state index contributed by atoms with van der Waals surface area (Å²) in [5.41, 5.74) is 6.56. The van der Waals surface area contributed by atoms with Gasteiger partial charge in [0.05, 0.1) is 11.8 Å². The van der Waals surface area contributed by atoms with Crippen molar-refractivity contribution in [3.05, 3.63) is 18.3 Å². The van der Waals surface area contributed by atoms with Gasteiger partial charge in [-0.3, -0.25) is 0 Å². The summed E-state index contributed by atoms with van der Waals surface area (Å²) >= 11 is 0. The number of pyridine rings is 1. The highest BCUT2D eigenvalue weighted by molar-refractivity contribution is 5.64. The van der Waals surface area contributed by atoms with Crippen LogP contribution in [0.4, 0.5) is 11.5 Å². The Bertz CT molecular complexity index is 283. The van der Waals surface area contributed by atoms with E-state index in [1.54, 1.807) is 6.20 Å². The summed E-state index contributed by atoms with van der Waals surface area (Å²) in [6, 6.07) is 3.75. The number of β-amino-alcohol motifs (C(OH)–C–C–N with tert-alkyl or cyclic N) is 1. The molecule has 0 radical (unpaired) electrons. The van der Waals surface area contributed by atoms with Crippen molar-refractivity contribution in [2.45, 2.75) is 6.10 Å². The van der Waals surface area contributed by atoms with Crippen LogP contribution in [-0.2, 0) is 0 Å². The number of rotatable bonds is 1. The molecule has 0 aliphatic carbocycles. The zero-order valence-electron chi connectivity index (χ0n) is 6.64. The van der Waals surface area contributed by atoms with E-state index in [0.717, 1.165) is 5.69 Å². The van der Waals surface area contributed by atoms with Crippen molar-refractivity contribution in [2.24, 2.45) is 0 Å². The van der Waals surface area contributed by atoms with Gasteiger partial charge >= 0.3 is 0 Å². The van der Waals surface area contributed by atoms with E-state index < -0.39 is 0 Å². The van der Waals surface area contributed by atoms with Crippen LogP contribution < -0.4 is 10.6 Å². The van der Waals surface area contributed by atoms with Crippen LogP contribution in [-0.4, -0.2) is 29.3 Å². The van der Waals surface area contributed by atoms with E-state index in [4.69, 9.17) is 10.8 Å². The van der Waals surface area contributed by atoms with E-state index in [9.17, 15) is 0 Å². The molecule has 12 heavy (non-hydrogen) atoms. The molecule has 4 heteroatoms. The molecule has 0 spiro atoms. The first-order valence-electron chi connectivity index (χ1n) is 3.91. The van der Waals surface area contributed by atoms with Gasteiger partial charge in [-0.1, -0.05) is 0 Å². The smallest absolute Gasteiger partial charge is 0.146 e. The lowest BCUT2D eigenvalue weighted by Gasteiger charge is -2.38. The van der Waals surface area contributed by atoms with Crippen LogP contribution in [0.2, 0.25) is 0 Å². The topological polar surface area (TPSA) is 62.4 Å². The molecule has 0 saturated carbocycles. The molecule has 1 saturated heterocycles. The van der Waals surface area contributed by atoms with Gasteiger partial charge in [-0.05, 0) is 12.1 Å². The van der Waals surface area contributed by atoms with Crippen molar-refractivity contribution in [3.8, 4) is 0 Å². The molecule has 3 N–H and O–H groups in total. The molecule has 0 amide bonds. The van der Waals surface area contributed by atoms with E-state index >= 15 is 0 Å². The molecular formula is C8H11N3O. The van der Waals surface area contributed by atoms with E-state index in [2.05, 4.69) is 4.98 Å². The first kappa shape index (κ1) is 7.36. The molecule has 0 bridgehead atoms. The number of aromatic nitrogens is 1. The minimum absolute atomic E-state index is 0.204. The average Bonchev–Trinajstić information content (AvgIpc) is 2.01. The second-order valence-corrected chi connectivity index (χ2v) is 2.97. The lowest BCUT2D eigenvalue weighted by atomic mass is 10.1. The molecule has 2 heterocycles. The molecule has 4 nitrogen and oxygen atoms in total. The first-order chi connectivity index (χ1) is 5.77. The van der Waals surface area contributed by atoms with Gasteiger partial charge in [0, 0.05) is 19.3 Å². The zero-order chi connectivity index (χ0) is 8.55. The SMILES string of the molecule is Nc1ncccc1N1CC(O)C1. The summed E-state index contributed by atoms with van der Waals surface area (Å²) < 4.78 is 0. The van der Waals surface area contributed by atoms with Crippen molar-refractivity contribution in [2.75, 3.05) is 23.7 Å². The van der Waals surface area contributed by atoms with Gasteiger partial charge in [0.25, 0.3) is 0 Å². The summed E-state index contributed by atoms with van der Waals surface area (Å²) in [6.07, 6.45) is 1.46. The molecule has 1 fully saturated rings. The van der Waals surface area contributed by atoms with Crippen LogP contribution in [0, 0.1) is 0 Å². The first-order valence-corrected chi connectivity index (χ1v) is 3.91. The molecule has 1 aromatic rings. The minimum atomic E-state index is -0.204. The molecule has 64 valence electrons. The largest absolute Gasteiger partial charge is 0.389 e. The Kier molecular flexibility index (Phi) is 1.62. The molecule has 0 unspecified atom stereocenters. The molecule has 0 aromatic carbocycles. The van der Waals surface area contributed by atoms with Crippen LogP contribution >= 0.6 is 0 Å². The fourth-order valence-corrected chi connectivity index (χ4v) is 1.33. The maximum absolute atomic E-state index is 9.07. The number of nitrogens with zero attached hydrogens (tertiary/aromatic N) is 2. The van der Waals surface area contributed by atoms with Gasteiger partial charge in [0.2, 0.25) is 0 Å². The second-order valence-electron chi connectivity index (χ2n) is 2.97. The minimum Gasteiger partial charge on any atom is -0.389 e. The predicted octanol–water partition coefficient (Wildman–Crippen LogP) is -0.155. The van der Waals surface area contributed by atoms with Crippen molar-refractivity contribution in [1.82, 2.24) is 4.98 Å². The monoisotopic (exact) mass is 165 g/mol. The molecule has 2 rings (SSSR count). The van der Waals surface area contributed by atoms with Gasteiger partial charge in [-0.15, -0.1) is 0 Å². The molecule has 1 aromatic heterocycles. The lowest BCUT2D eigenvalue weighted by molar-refractivity contribution is 0.142. The van der Waals surface area contributed by atoms with Crippen LogP contribution in [0.1, 0.15) is 0 Å². The Balaban J connectivity index is 2.18. The highest BCUT2D eigenvalue weighted by atomic mass is 16.3. The number of nitrogens with two attached hydrogens (primary N) is 1. The standard InChI is InChI=1S/C8H11N3O/c9-8-7(2-1-3-10-8)11-4-6(12)5-11/h1-3,6,12H,4-5H2,(H2,9,10). The quantitative estimate of drug-likeness (QED) is 0.607. The fourth-order valence-electron chi connectivity index (χ4n) is 1.33. The number of anilines is 2. The number of hydrogen-bond acceptors (Lipinski definition) is 4. The van der Waals surface area contributed by atoms with Crippen molar-refractivity contribution < 1.29 is 5.11 Å². The van der Waals surface area contributed by atoms with Gasteiger partial charge < -0.3 is 15.7 Å². The van der Waals surface area contributed by atoms with Crippen LogP contribution in [0.3, 0.4) is 0 Å². The second kappa shape index (κ2) is 2.64. The zero-order valence-corrected chi connectivity index (χ0v) is 6.64. The third-order valence-corrected chi connectivity index (χ3v) is 2.02. The average molecular weight is 165 g/mol. The lowest BCUT2D eigenvalue weighted by Crippen LogP contribution is -2.51. The summed E-state index contributed by atoms with van der Waals surface area (Å²) in [5, 5.41) is 9.07. The maximum atomic E-state index is 9.07. The van der Waals surface area contributed by atoms with Gasteiger partial charge in [-0.25, -0.2) is 4.98 Å². The summed E-state index contributed by atoms with van der Waals surface area (Å²) in [6.45, 7) is 1.33. The maximum Gasteiger partial charge on any atom is 0.146 e. The highest BCUT2D eigenvalue weighted by Crippen LogP contribution is 2.24. The van der Waals surface area contributed by atoms with Crippen LogP contribution in [0.15, 0.2) is 18.3 Å². The van der Waals surface area contributed by atoms with Crippen LogP contribution in [0.25, 0.3) is 0 Å².